The molecule has 0 bridgehead atoms. The van der Waals surface area contributed by atoms with Gasteiger partial charge in [0.05, 0.1) is 18.3 Å². The van der Waals surface area contributed by atoms with E-state index in [2.05, 4.69) is 19.2 Å². The van der Waals surface area contributed by atoms with Crippen LogP contribution in [0.2, 0.25) is 0 Å². The molecule has 1 aliphatic heterocycles. The summed E-state index contributed by atoms with van der Waals surface area (Å²) in [6.45, 7) is 7.33. The maximum Gasteiger partial charge on any atom is 0.320 e. The Balaban J connectivity index is 2.25. The predicted octanol–water partition coefficient (Wildman–Crippen LogP) is 1.80. The highest BCUT2D eigenvalue weighted by Crippen LogP contribution is 2.21. The van der Waals surface area contributed by atoms with Crippen LogP contribution in [0.1, 0.15) is 46.5 Å². The van der Waals surface area contributed by atoms with E-state index in [1.165, 1.54) is 0 Å². The first-order valence-electron chi connectivity index (χ1n) is 7.26. The lowest BCUT2D eigenvalue weighted by Gasteiger charge is -2.32. The summed E-state index contributed by atoms with van der Waals surface area (Å²) in [5.74, 6) is -0.800. The fourth-order valence-electron chi connectivity index (χ4n) is 2.46. The van der Waals surface area contributed by atoms with Crippen molar-refractivity contribution >= 4 is 5.97 Å². The van der Waals surface area contributed by atoms with Crippen LogP contribution in [0, 0.1) is 0 Å². The van der Waals surface area contributed by atoms with Crippen molar-refractivity contribution in [2.75, 3.05) is 13.2 Å². The standard InChI is InChI=1S/C14H27NO4/c1-4-6-15-13(14(16)17)5-7-18-12-8-10(2)19-11(3)9-12/h10-13,15H,4-9H2,1-3H3,(H,16,17). The van der Waals surface area contributed by atoms with Gasteiger partial charge >= 0.3 is 5.97 Å². The molecule has 112 valence electrons. The fourth-order valence-corrected chi connectivity index (χ4v) is 2.46. The normalized spacial score (nSPS) is 29.1. The summed E-state index contributed by atoms with van der Waals surface area (Å²) >= 11 is 0. The van der Waals surface area contributed by atoms with Gasteiger partial charge in [0.25, 0.3) is 0 Å². The van der Waals surface area contributed by atoms with Gasteiger partial charge in [-0.05, 0) is 46.1 Å². The number of hydrogen-bond acceptors (Lipinski definition) is 4. The second kappa shape index (κ2) is 8.51. The van der Waals surface area contributed by atoms with Crippen molar-refractivity contribution in [3.8, 4) is 0 Å². The Kier molecular flexibility index (Phi) is 7.34. The number of carbonyl (C=O) groups is 1. The van der Waals surface area contributed by atoms with E-state index in [4.69, 9.17) is 14.6 Å². The SMILES string of the molecule is CCCNC(CCOC1CC(C)OC(C)C1)C(=O)O. The number of rotatable bonds is 8. The number of ether oxygens (including phenoxy) is 2. The highest BCUT2D eigenvalue weighted by Gasteiger charge is 2.25. The molecule has 3 atom stereocenters. The van der Waals surface area contributed by atoms with Gasteiger partial charge in [0, 0.05) is 6.61 Å². The second-order valence-electron chi connectivity index (χ2n) is 5.36. The maximum absolute atomic E-state index is 11.1. The van der Waals surface area contributed by atoms with Crippen LogP contribution in [-0.4, -0.2) is 48.6 Å². The smallest absolute Gasteiger partial charge is 0.320 e. The van der Waals surface area contributed by atoms with Crippen molar-refractivity contribution in [2.24, 2.45) is 0 Å². The molecule has 0 saturated carbocycles. The minimum Gasteiger partial charge on any atom is -0.480 e. The van der Waals surface area contributed by atoms with Crippen molar-refractivity contribution in [3.05, 3.63) is 0 Å². The highest BCUT2D eigenvalue weighted by atomic mass is 16.5. The van der Waals surface area contributed by atoms with Gasteiger partial charge in [0.15, 0.2) is 0 Å². The van der Waals surface area contributed by atoms with Gasteiger partial charge in [0.2, 0.25) is 0 Å². The molecule has 0 aromatic rings. The van der Waals surface area contributed by atoms with Crippen molar-refractivity contribution in [1.82, 2.24) is 5.32 Å². The molecule has 1 aliphatic rings. The summed E-state index contributed by atoms with van der Waals surface area (Å²) in [5.41, 5.74) is 0. The molecule has 0 amide bonds. The second-order valence-corrected chi connectivity index (χ2v) is 5.36. The lowest BCUT2D eigenvalue weighted by molar-refractivity contribution is -0.141. The summed E-state index contributed by atoms with van der Waals surface area (Å²) < 4.78 is 11.4. The number of carboxylic acids is 1. The van der Waals surface area contributed by atoms with Crippen molar-refractivity contribution in [1.29, 1.82) is 0 Å². The van der Waals surface area contributed by atoms with E-state index < -0.39 is 12.0 Å². The lowest BCUT2D eigenvalue weighted by atomic mass is 10.0. The molecule has 3 unspecified atom stereocenters. The van der Waals surface area contributed by atoms with E-state index in [9.17, 15) is 4.79 Å². The summed E-state index contributed by atoms with van der Waals surface area (Å²) in [7, 11) is 0. The molecule has 0 aliphatic carbocycles. The molecule has 19 heavy (non-hydrogen) atoms. The molecule has 5 nitrogen and oxygen atoms in total. The number of nitrogens with one attached hydrogen (secondary N) is 1. The minimum absolute atomic E-state index is 0.194. The largest absolute Gasteiger partial charge is 0.480 e. The van der Waals surface area contributed by atoms with E-state index in [0.717, 1.165) is 25.8 Å². The Hall–Kier alpha value is -0.650. The summed E-state index contributed by atoms with van der Waals surface area (Å²) in [4.78, 5) is 11.1. The molecule has 5 heteroatoms. The Morgan fingerprint density at radius 1 is 1.42 bits per heavy atom. The summed E-state index contributed by atoms with van der Waals surface area (Å²) in [6.07, 6.45) is 3.87. The fraction of sp³-hybridized carbons (Fsp3) is 0.929. The third-order valence-corrected chi connectivity index (χ3v) is 3.35. The van der Waals surface area contributed by atoms with E-state index in [1.54, 1.807) is 0 Å². The molecular weight excluding hydrogens is 246 g/mol. The van der Waals surface area contributed by atoms with Crippen LogP contribution in [0.25, 0.3) is 0 Å². The third kappa shape index (κ3) is 6.36. The van der Waals surface area contributed by atoms with Crippen molar-refractivity contribution in [2.45, 2.75) is 70.8 Å². The summed E-state index contributed by atoms with van der Waals surface area (Å²) in [6, 6.07) is -0.505. The van der Waals surface area contributed by atoms with Gasteiger partial charge in [-0.1, -0.05) is 6.92 Å². The van der Waals surface area contributed by atoms with Crippen LogP contribution < -0.4 is 5.32 Å². The first-order chi connectivity index (χ1) is 9.02. The Bertz CT molecular complexity index is 262. The zero-order chi connectivity index (χ0) is 14.3. The first-order valence-corrected chi connectivity index (χ1v) is 7.26. The van der Waals surface area contributed by atoms with Crippen LogP contribution in [0.5, 0.6) is 0 Å². The molecule has 1 heterocycles. The van der Waals surface area contributed by atoms with Gasteiger partial charge in [-0.2, -0.15) is 0 Å². The first kappa shape index (κ1) is 16.4. The predicted molar refractivity (Wildman–Crippen MR) is 73.3 cm³/mol. The van der Waals surface area contributed by atoms with Crippen LogP contribution in [0.3, 0.4) is 0 Å². The molecule has 2 N–H and O–H groups in total. The van der Waals surface area contributed by atoms with Gasteiger partial charge in [-0.15, -0.1) is 0 Å². The molecule has 0 aromatic heterocycles. The number of aliphatic carboxylic acids is 1. The van der Waals surface area contributed by atoms with Gasteiger partial charge in [0.1, 0.15) is 6.04 Å². The van der Waals surface area contributed by atoms with Crippen LogP contribution in [0.4, 0.5) is 0 Å². The van der Waals surface area contributed by atoms with Crippen molar-refractivity contribution in [3.63, 3.8) is 0 Å². The van der Waals surface area contributed by atoms with Gasteiger partial charge in [-0.3, -0.25) is 4.79 Å². The van der Waals surface area contributed by atoms with Crippen molar-refractivity contribution < 1.29 is 19.4 Å². The lowest BCUT2D eigenvalue weighted by Crippen LogP contribution is -2.39. The quantitative estimate of drug-likeness (QED) is 0.706. The molecule has 1 fully saturated rings. The Labute approximate surface area is 115 Å². The van der Waals surface area contributed by atoms with Gasteiger partial charge in [-0.25, -0.2) is 0 Å². The molecule has 0 spiro atoms. The van der Waals surface area contributed by atoms with Crippen LogP contribution in [-0.2, 0) is 14.3 Å². The van der Waals surface area contributed by atoms with Crippen LogP contribution in [0.15, 0.2) is 0 Å². The zero-order valence-corrected chi connectivity index (χ0v) is 12.2. The number of hydrogen-bond donors (Lipinski definition) is 2. The Morgan fingerprint density at radius 3 is 2.58 bits per heavy atom. The average molecular weight is 273 g/mol. The monoisotopic (exact) mass is 273 g/mol. The molecule has 1 rings (SSSR count). The van der Waals surface area contributed by atoms with E-state index in [1.807, 2.05) is 6.92 Å². The van der Waals surface area contributed by atoms with E-state index in [-0.39, 0.29) is 18.3 Å². The number of carboxylic acid groups (broad SMARTS) is 1. The third-order valence-electron chi connectivity index (χ3n) is 3.35. The summed E-state index contributed by atoms with van der Waals surface area (Å²) in [5, 5.41) is 12.1. The maximum atomic E-state index is 11.1. The van der Waals surface area contributed by atoms with Gasteiger partial charge < -0.3 is 19.9 Å². The highest BCUT2D eigenvalue weighted by molar-refractivity contribution is 5.73. The molecule has 0 radical (unpaired) electrons. The van der Waals surface area contributed by atoms with E-state index in [0.29, 0.717) is 13.0 Å². The zero-order valence-electron chi connectivity index (χ0n) is 12.2. The molecule has 0 aromatic carbocycles. The average Bonchev–Trinajstić information content (AvgIpc) is 2.31. The Morgan fingerprint density at radius 2 is 2.05 bits per heavy atom. The van der Waals surface area contributed by atoms with Crippen LogP contribution >= 0.6 is 0 Å². The minimum atomic E-state index is -0.800. The van der Waals surface area contributed by atoms with E-state index >= 15 is 0 Å². The molecule has 1 saturated heterocycles. The molecular formula is C14H27NO4. The topological polar surface area (TPSA) is 67.8 Å².